The molecule has 26 heavy (non-hydrogen) atoms. The van der Waals surface area contributed by atoms with Gasteiger partial charge in [-0.25, -0.2) is 0 Å². The lowest BCUT2D eigenvalue weighted by Gasteiger charge is -2.19. The van der Waals surface area contributed by atoms with E-state index in [1.807, 2.05) is 12.4 Å². The number of nitrogens with one attached hydrogen (secondary N) is 2. The van der Waals surface area contributed by atoms with Crippen molar-refractivity contribution >= 4 is 11.6 Å². The molecule has 0 unspecified atom stereocenters. The molecule has 2 N–H and O–H groups in total. The quantitative estimate of drug-likeness (QED) is 0.476. The fourth-order valence-electron chi connectivity index (χ4n) is 3.69. The van der Waals surface area contributed by atoms with Crippen LogP contribution in [0.1, 0.15) is 78.1 Å². The largest absolute Gasteiger partial charge is 0.391 e. The van der Waals surface area contributed by atoms with Gasteiger partial charge >= 0.3 is 0 Å². The first-order valence-corrected chi connectivity index (χ1v) is 10.5. The van der Waals surface area contributed by atoms with Crippen molar-refractivity contribution < 1.29 is 9.59 Å². The van der Waals surface area contributed by atoms with E-state index in [4.69, 9.17) is 0 Å². The second kappa shape index (κ2) is 11.2. The van der Waals surface area contributed by atoms with E-state index >= 15 is 0 Å². The van der Waals surface area contributed by atoms with Gasteiger partial charge in [0, 0.05) is 49.5 Å². The van der Waals surface area contributed by atoms with Gasteiger partial charge in [-0.15, -0.1) is 0 Å². The summed E-state index contributed by atoms with van der Waals surface area (Å²) in [7, 11) is 0. The van der Waals surface area contributed by atoms with Crippen molar-refractivity contribution in [2.24, 2.45) is 11.8 Å². The summed E-state index contributed by atoms with van der Waals surface area (Å²) in [6.45, 7) is 6.19. The number of rotatable bonds is 9. The topological polar surface area (TPSA) is 58.2 Å². The van der Waals surface area contributed by atoms with Crippen molar-refractivity contribution in [3.63, 3.8) is 0 Å². The second-order valence-electron chi connectivity index (χ2n) is 8.20. The molecule has 0 aromatic rings. The molecule has 0 heterocycles. The summed E-state index contributed by atoms with van der Waals surface area (Å²) in [5.41, 5.74) is 1.96. The molecule has 4 heteroatoms. The Balaban J connectivity index is 1.46. The Morgan fingerprint density at radius 3 is 1.58 bits per heavy atom. The average Bonchev–Trinajstić information content (AvgIpc) is 2.59. The third-order valence-electron chi connectivity index (χ3n) is 5.54. The Kier molecular flexibility index (Phi) is 8.93. The fraction of sp³-hybridized carbons (Fsp3) is 0.727. The molecule has 0 aromatic carbocycles. The maximum absolute atomic E-state index is 11.9. The molecule has 0 aliphatic heterocycles. The van der Waals surface area contributed by atoms with E-state index in [0.717, 1.165) is 62.8 Å². The van der Waals surface area contributed by atoms with Gasteiger partial charge in [0.1, 0.15) is 0 Å². The van der Waals surface area contributed by atoms with Crippen LogP contribution in [-0.2, 0) is 9.59 Å². The number of hydrogen-bond acceptors (Lipinski definition) is 4. The minimum absolute atomic E-state index is 0.322. The van der Waals surface area contributed by atoms with Crippen molar-refractivity contribution in [2.45, 2.75) is 78.1 Å². The van der Waals surface area contributed by atoms with Crippen molar-refractivity contribution in [3.8, 4) is 0 Å². The highest BCUT2D eigenvalue weighted by molar-refractivity contribution is 5.96. The monoisotopic (exact) mass is 360 g/mol. The number of allylic oxidation sites excluding steroid dienone is 2. The molecule has 2 saturated carbocycles. The summed E-state index contributed by atoms with van der Waals surface area (Å²) in [5.74, 6) is 1.73. The molecule has 2 aliphatic carbocycles. The van der Waals surface area contributed by atoms with Crippen molar-refractivity contribution in [1.29, 1.82) is 0 Å². The number of ketones is 2. The fourth-order valence-corrected chi connectivity index (χ4v) is 3.69. The van der Waals surface area contributed by atoms with Crippen molar-refractivity contribution in [1.82, 2.24) is 10.6 Å². The lowest BCUT2D eigenvalue weighted by Crippen LogP contribution is -2.19. The first kappa shape index (κ1) is 20.7. The summed E-state index contributed by atoms with van der Waals surface area (Å²) >= 11 is 0. The van der Waals surface area contributed by atoms with E-state index in [-0.39, 0.29) is 0 Å². The highest BCUT2D eigenvalue weighted by Crippen LogP contribution is 2.25. The molecule has 2 fully saturated rings. The van der Waals surface area contributed by atoms with Crippen LogP contribution in [-0.4, -0.2) is 24.7 Å². The van der Waals surface area contributed by atoms with E-state index in [1.165, 1.54) is 12.8 Å². The zero-order valence-corrected chi connectivity index (χ0v) is 16.6. The summed E-state index contributed by atoms with van der Waals surface area (Å²) in [6.07, 6.45) is 14.1. The molecule has 146 valence electrons. The van der Waals surface area contributed by atoms with Crippen LogP contribution in [0.15, 0.2) is 23.5 Å². The second-order valence-corrected chi connectivity index (χ2v) is 8.20. The Labute approximate surface area is 158 Å². The third kappa shape index (κ3) is 7.35. The number of Topliss-reactive ketones (excluding diaryl/α,β-unsaturated/α-hetero) is 2. The highest BCUT2D eigenvalue weighted by Gasteiger charge is 2.20. The number of carbonyl (C=O) groups is 2. The van der Waals surface area contributed by atoms with E-state index < -0.39 is 0 Å². The van der Waals surface area contributed by atoms with E-state index in [9.17, 15) is 9.59 Å². The minimum Gasteiger partial charge on any atom is -0.391 e. The van der Waals surface area contributed by atoms with Crippen LogP contribution in [0.3, 0.4) is 0 Å². The van der Waals surface area contributed by atoms with Gasteiger partial charge in [0.25, 0.3) is 0 Å². The van der Waals surface area contributed by atoms with Crippen LogP contribution >= 0.6 is 0 Å². The number of unbranched alkanes of at least 4 members (excludes halogenated alkanes) is 3. The third-order valence-corrected chi connectivity index (χ3v) is 5.54. The minimum atomic E-state index is 0.322. The van der Waals surface area contributed by atoms with Gasteiger partial charge < -0.3 is 10.6 Å². The van der Waals surface area contributed by atoms with Gasteiger partial charge in [-0.1, -0.05) is 26.7 Å². The van der Waals surface area contributed by atoms with Gasteiger partial charge in [-0.05, 0) is 50.4 Å². The van der Waals surface area contributed by atoms with Gasteiger partial charge in [0.15, 0.2) is 11.6 Å². The molecule has 0 amide bonds. The van der Waals surface area contributed by atoms with Gasteiger partial charge in [-0.3, -0.25) is 9.59 Å². The Morgan fingerprint density at radius 2 is 1.19 bits per heavy atom. The zero-order valence-electron chi connectivity index (χ0n) is 16.6. The summed E-state index contributed by atoms with van der Waals surface area (Å²) in [5, 5.41) is 6.62. The molecule has 2 rings (SSSR count). The van der Waals surface area contributed by atoms with Crippen LogP contribution in [0.2, 0.25) is 0 Å². The Hall–Kier alpha value is -1.58. The van der Waals surface area contributed by atoms with Crippen LogP contribution in [0.5, 0.6) is 0 Å². The van der Waals surface area contributed by atoms with Crippen LogP contribution in [0, 0.1) is 11.8 Å². The van der Waals surface area contributed by atoms with E-state index in [1.54, 1.807) is 0 Å². The predicted octanol–water partition coefficient (Wildman–Crippen LogP) is 4.27. The number of hydrogen-bond donors (Lipinski definition) is 2. The summed E-state index contributed by atoms with van der Waals surface area (Å²) in [4.78, 5) is 23.8. The molecule has 0 spiro atoms. The van der Waals surface area contributed by atoms with Gasteiger partial charge in [0.05, 0.1) is 0 Å². The molecule has 0 bridgehead atoms. The maximum atomic E-state index is 11.9. The number of carbonyl (C=O) groups excluding carboxylic acids is 2. The lowest BCUT2D eigenvalue weighted by molar-refractivity contribution is -0.118. The molecule has 4 nitrogen and oxygen atoms in total. The summed E-state index contributed by atoms with van der Waals surface area (Å²) < 4.78 is 0. The lowest BCUT2D eigenvalue weighted by atomic mass is 9.86. The van der Waals surface area contributed by atoms with Crippen LogP contribution in [0.25, 0.3) is 0 Å². The molecule has 2 atom stereocenters. The molecule has 2 aliphatic rings. The first-order valence-electron chi connectivity index (χ1n) is 10.5. The molecular formula is C22H36N2O2. The van der Waals surface area contributed by atoms with Gasteiger partial charge in [-0.2, -0.15) is 0 Å². The Morgan fingerprint density at radius 1 is 0.769 bits per heavy atom. The van der Waals surface area contributed by atoms with Gasteiger partial charge in [0.2, 0.25) is 0 Å². The van der Waals surface area contributed by atoms with Crippen LogP contribution in [0.4, 0.5) is 0 Å². The predicted molar refractivity (Wildman–Crippen MR) is 107 cm³/mol. The molecule has 0 saturated heterocycles. The molecule has 0 radical (unpaired) electrons. The normalized spacial score (nSPS) is 27.2. The van der Waals surface area contributed by atoms with Crippen molar-refractivity contribution in [2.75, 3.05) is 13.1 Å². The maximum Gasteiger partial charge on any atom is 0.160 e. The standard InChI is InChI=1S/C22H36N2O2/c1-17-7-9-19(21(25)13-17)15-23-11-5-3-4-6-12-24-16-20-10-8-18(2)14-22(20)26/h15-18,23-24H,3-14H2,1-2H3/b19-15+,20-16+/t17-,18+. The van der Waals surface area contributed by atoms with E-state index in [2.05, 4.69) is 24.5 Å². The van der Waals surface area contributed by atoms with E-state index in [0.29, 0.717) is 36.2 Å². The highest BCUT2D eigenvalue weighted by atomic mass is 16.1. The van der Waals surface area contributed by atoms with Crippen LogP contribution < -0.4 is 10.6 Å². The first-order chi connectivity index (χ1) is 12.6. The van der Waals surface area contributed by atoms with Crippen molar-refractivity contribution in [3.05, 3.63) is 23.5 Å². The SMILES string of the molecule is C[C@@H]1CC/C(=C\NCCCCCCN/C=C2\CC[C@H](C)CC2=O)C(=O)C1. The Bertz CT molecular complexity index is 488. The average molecular weight is 361 g/mol. The summed E-state index contributed by atoms with van der Waals surface area (Å²) in [6, 6.07) is 0. The zero-order chi connectivity index (χ0) is 18.8. The smallest absolute Gasteiger partial charge is 0.160 e. The molecular weight excluding hydrogens is 324 g/mol. The molecule has 0 aromatic heterocycles.